The van der Waals surface area contributed by atoms with Gasteiger partial charge in [-0.1, -0.05) is 12.1 Å². The van der Waals surface area contributed by atoms with Crippen molar-refractivity contribution in [1.82, 2.24) is 4.90 Å². The van der Waals surface area contributed by atoms with Crippen molar-refractivity contribution in [2.75, 3.05) is 26.3 Å². The number of Topliss-reactive ketones (excluding diaryl/α,β-unsaturated/α-hetero) is 1. The number of piperidine rings is 1. The molecule has 0 spiro atoms. The first-order valence-electron chi connectivity index (χ1n) is 8.73. The van der Waals surface area contributed by atoms with Gasteiger partial charge in [0.1, 0.15) is 5.75 Å². The quantitative estimate of drug-likeness (QED) is 0.542. The van der Waals surface area contributed by atoms with Gasteiger partial charge in [-0.15, -0.1) is 0 Å². The summed E-state index contributed by atoms with van der Waals surface area (Å²) in [5.74, 6) is 0.856. The van der Waals surface area contributed by atoms with Crippen molar-refractivity contribution < 1.29 is 19.1 Å². The highest BCUT2D eigenvalue weighted by Crippen LogP contribution is 2.16. The van der Waals surface area contributed by atoms with Crippen LogP contribution in [0.1, 0.15) is 49.9 Å². The van der Waals surface area contributed by atoms with Crippen molar-refractivity contribution in [3.8, 4) is 5.75 Å². The zero-order valence-corrected chi connectivity index (χ0v) is 14.6. The summed E-state index contributed by atoms with van der Waals surface area (Å²) < 4.78 is 11.3. The second-order valence-corrected chi connectivity index (χ2v) is 6.10. The Labute approximate surface area is 143 Å². The van der Waals surface area contributed by atoms with Gasteiger partial charge in [0.2, 0.25) is 5.91 Å². The minimum atomic E-state index is 0.0181. The third kappa shape index (κ3) is 5.64. The normalized spacial score (nSPS) is 17.6. The van der Waals surface area contributed by atoms with Gasteiger partial charge in [-0.2, -0.15) is 0 Å². The van der Waals surface area contributed by atoms with Crippen molar-refractivity contribution in [1.29, 1.82) is 0 Å². The average Bonchev–Trinajstić information content (AvgIpc) is 2.59. The summed E-state index contributed by atoms with van der Waals surface area (Å²) in [7, 11) is 0. The molecule has 1 fully saturated rings. The lowest BCUT2D eigenvalue weighted by molar-refractivity contribution is -0.135. The molecule has 0 saturated carbocycles. The van der Waals surface area contributed by atoms with Crippen LogP contribution >= 0.6 is 0 Å². The number of likely N-dealkylation sites (tertiary alicyclic amines) is 1. The summed E-state index contributed by atoms with van der Waals surface area (Å²) in [5.41, 5.74) is 0.638. The van der Waals surface area contributed by atoms with Crippen LogP contribution in [0.4, 0.5) is 0 Å². The Hall–Kier alpha value is -1.88. The minimum absolute atomic E-state index is 0.0181. The first-order valence-corrected chi connectivity index (χ1v) is 8.73. The highest BCUT2D eigenvalue weighted by molar-refractivity contribution is 5.94. The molecular weight excluding hydrogens is 306 g/mol. The lowest BCUT2D eigenvalue weighted by atomic mass is 10.1. The molecule has 1 aromatic rings. The van der Waals surface area contributed by atoms with Gasteiger partial charge in [0, 0.05) is 31.7 Å². The first-order chi connectivity index (χ1) is 11.6. The average molecular weight is 333 g/mol. The van der Waals surface area contributed by atoms with Gasteiger partial charge in [-0.05, 0) is 45.2 Å². The lowest BCUT2D eigenvalue weighted by Crippen LogP contribution is -2.43. The molecule has 1 aromatic carbocycles. The van der Waals surface area contributed by atoms with Crippen LogP contribution in [-0.4, -0.2) is 49.0 Å². The van der Waals surface area contributed by atoms with Crippen LogP contribution in [0.3, 0.4) is 0 Å². The fraction of sp³-hybridized carbons (Fsp3) is 0.579. The minimum Gasteiger partial charge on any atom is -0.494 e. The second kappa shape index (κ2) is 9.42. The van der Waals surface area contributed by atoms with Crippen molar-refractivity contribution in [2.45, 2.75) is 45.6 Å². The lowest BCUT2D eigenvalue weighted by Gasteiger charge is -2.32. The van der Waals surface area contributed by atoms with Gasteiger partial charge in [0.05, 0.1) is 12.7 Å². The van der Waals surface area contributed by atoms with Crippen molar-refractivity contribution >= 4 is 11.7 Å². The number of benzene rings is 1. The molecule has 1 saturated heterocycles. The molecule has 1 aliphatic rings. The van der Waals surface area contributed by atoms with Gasteiger partial charge >= 0.3 is 0 Å². The van der Waals surface area contributed by atoms with E-state index >= 15 is 0 Å². The van der Waals surface area contributed by atoms with Crippen LogP contribution in [0.25, 0.3) is 0 Å². The molecule has 1 aliphatic heterocycles. The van der Waals surface area contributed by atoms with E-state index in [1.54, 1.807) is 18.2 Å². The molecule has 0 bridgehead atoms. The molecule has 1 amide bonds. The maximum Gasteiger partial charge on any atom is 0.222 e. The third-order valence-electron chi connectivity index (χ3n) is 4.18. The zero-order valence-electron chi connectivity index (χ0n) is 14.6. The predicted octanol–water partition coefficient (Wildman–Crippen LogP) is 3.08. The van der Waals surface area contributed by atoms with Crippen LogP contribution in [-0.2, 0) is 9.53 Å². The number of ether oxygens (including phenoxy) is 2. The third-order valence-corrected chi connectivity index (χ3v) is 4.18. The van der Waals surface area contributed by atoms with E-state index in [0.29, 0.717) is 43.9 Å². The maximum atomic E-state index is 12.3. The van der Waals surface area contributed by atoms with Gasteiger partial charge < -0.3 is 14.4 Å². The van der Waals surface area contributed by atoms with Crippen LogP contribution in [0.2, 0.25) is 0 Å². The molecule has 0 unspecified atom stereocenters. The van der Waals surface area contributed by atoms with Gasteiger partial charge in [0.15, 0.2) is 5.78 Å². The molecule has 0 aromatic heterocycles. The molecule has 0 N–H and O–H groups in total. The summed E-state index contributed by atoms with van der Waals surface area (Å²) in [6, 6.07) is 7.13. The molecule has 1 atom stereocenters. The number of nitrogens with zero attached hydrogens (tertiary/aromatic N) is 1. The fourth-order valence-electron chi connectivity index (χ4n) is 2.91. The summed E-state index contributed by atoms with van der Waals surface area (Å²) in [6.07, 6.45) is 3.36. The van der Waals surface area contributed by atoms with Crippen LogP contribution in [0.15, 0.2) is 24.3 Å². The van der Waals surface area contributed by atoms with Crippen LogP contribution < -0.4 is 4.74 Å². The van der Waals surface area contributed by atoms with Gasteiger partial charge in [-0.3, -0.25) is 9.59 Å². The molecule has 5 heteroatoms. The Balaban J connectivity index is 1.71. The second-order valence-electron chi connectivity index (χ2n) is 6.10. The molecule has 24 heavy (non-hydrogen) atoms. The van der Waals surface area contributed by atoms with E-state index in [-0.39, 0.29) is 17.8 Å². The number of amides is 1. The van der Waals surface area contributed by atoms with Gasteiger partial charge in [-0.25, -0.2) is 0 Å². The van der Waals surface area contributed by atoms with E-state index in [0.717, 1.165) is 19.4 Å². The number of hydrogen-bond acceptors (Lipinski definition) is 4. The molecule has 2 rings (SSSR count). The SMILES string of the molecule is CCO[C@@H]1CCCN(C(=O)CCCOc2cccc(C(C)=O)c2)C1. The van der Waals surface area contributed by atoms with E-state index in [4.69, 9.17) is 9.47 Å². The Morgan fingerprint density at radius 2 is 2.17 bits per heavy atom. The molecule has 0 aliphatic carbocycles. The van der Waals surface area contributed by atoms with Crippen molar-refractivity contribution in [3.05, 3.63) is 29.8 Å². The van der Waals surface area contributed by atoms with E-state index in [1.165, 1.54) is 6.92 Å². The highest BCUT2D eigenvalue weighted by Gasteiger charge is 2.23. The highest BCUT2D eigenvalue weighted by atomic mass is 16.5. The predicted molar refractivity (Wildman–Crippen MR) is 92.4 cm³/mol. The molecule has 1 heterocycles. The standard InChI is InChI=1S/C19H27NO4/c1-3-23-18-9-5-11-20(14-18)19(22)10-6-12-24-17-8-4-7-16(13-17)15(2)21/h4,7-8,13,18H,3,5-6,9-12,14H2,1-2H3/t18-/m1/s1. The summed E-state index contributed by atoms with van der Waals surface area (Å²) in [5, 5.41) is 0. The summed E-state index contributed by atoms with van der Waals surface area (Å²) in [6.45, 7) is 6.21. The van der Waals surface area contributed by atoms with Gasteiger partial charge in [0.25, 0.3) is 0 Å². The maximum absolute atomic E-state index is 12.3. The van der Waals surface area contributed by atoms with Crippen molar-refractivity contribution in [3.63, 3.8) is 0 Å². The number of hydrogen-bond donors (Lipinski definition) is 0. The Morgan fingerprint density at radius 1 is 1.33 bits per heavy atom. The van der Waals surface area contributed by atoms with E-state index < -0.39 is 0 Å². The molecule has 0 radical (unpaired) electrons. The Kier molecular flexibility index (Phi) is 7.25. The smallest absolute Gasteiger partial charge is 0.222 e. The van der Waals surface area contributed by atoms with Crippen LogP contribution in [0, 0.1) is 0 Å². The number of carbonyl (C=O) groups excluding carboxylic acids is 2. The molecular formula is C19H27NO4. The fourth-order valence-corrected chi connectivity index (χ4v) is 2.91. The van der Waals surface area contributed by atoms with E-state index in [2.05, 4.69) is 0 Å². The Morgan fingerprint density at radius 3 is 2.92 bits per heavy atom. The van der Waals surface area contributed by atoms with Crippen molar-refractivity contribution in [2.24, 2.45) is 0 Å². The molecule has 132 valence electrons. The monoisotopic (exact) mass is 333 g/mol. The summed E-state index contributed by atoms with van der Waals surface area (Å²) >= 11 is 0. The number of carbonyl (C=O) groups is 2. The number of ketones is 1. The number of rotatable bonds is 8. The van der Waals surface area contributed by atoms with E-state index in [9.17, 15) is 9.59 Å². The Bertz CT molecular complexity index is 556. The van der Waals surface area contributed by atoms with E-state index in [1.807, 2.05) is 17.9 Å². The van der Waals surface area contributed by atoms with Crippen LogP contribution in [0.5, 0.6) is 5.75 Å². The largest absolute Gasteiger partial charge is 0.494 e. The first kappa shape index (κ1) is 18.5. The molecule has 5 nitrogen and oxygen atoms in total. The topological polar surface area (TPSA) is 55.8 Å². The summed E-state index contributed by atoms with van der Waals surface area (Å²) in [4.78, 5) is 25.5. The zero-order chi connectivity index (χ0) is 17.4.